The summed E-state index contributed by atoms with van der Waals surface area (Å²) in [4.78, 5) is 0. The number of hydrogen-bond donors (Lipinski definition) is 2. The molecule has 3 rings (SSSR count). The number of rotatable bonds is 6. The van der Waals surface area contributed by atoms with Gasteiger partial charge in [-0.05, 0) is 39.0 Å². The fourth-order valence-electron chi connectivity index (χ4n) is 2.82. The Kier molecular flexibility index (Phi) is 3.38. The highest BCUT2D eigenvalue weighted by molar-refractivity contribution is 7.90. The summed E-state index contributed by atoms with van der Waals surface area (Å²) in [5.41, 5.74) is 0. The van der Waals surface area contributed by atoms with Crippen LogP contribution in [0.25, 0.3) is 0 Å². The highest BCUT2D eigenvalue weighted by Gasteiger charge is 2.43. The number of ether oxygens (including phenoxy) is 1. The standard InChI is InChI=1S/C12H22N2O3S/c1-8(7-13-9-2-3-9)18(15,16)14-11-6-10-4-5-12(11)17-10/h8-14H,2-7H2,1H3. The normalized spacial score (nSPS) is 37.1. The lowest BCUT2D eigenvalue weighted by molar-refractivity contribution is 0.0995. The van der Waals surface area contributed by atoms with Gasteiger partial charge in [-0.25, -0.2) is 13.1 Å². The van der Waals surface area contributed by atoms with Crippen molar-refractivity contribution in [3.63, 3.8) is 0 Å². The Hall–Kier alpha value is -0.170. The van der Waals surface area contributed by atoms with E-state index in [-0.39, 0.29) is 23.5 Å². The molecule has 3 fully saturated rings. The minimum atomic E-state index is -3.23. The Labute approximate surface area is 109 Å². The van der Waals surface area contributed by atoms with Crippen molar-refractivity contribution < 1.29 is 13.2 Å². The predicted molar refractivity (Wildman–Crippen MR) is 68.8 cm³/mol. The van der Waals surface area contributed by atoms with E-state index in [1.807, 2.05) is 0 Å². The maximum Gasteiger partial charge on any atom is 0.215 e. The van der Waals surface area contributed by atoms with Crippen molar-refractivity contribution in [2.45, 2.75) is 68.6 Å². The third kappa shape index (κ3) is 2.71. The minimum Gasteiger partial charge on any atom is -0.373 e. The van der Waals surface area contributed by atoms with E-state index in [4.69, 9.17) is 4.74 Å². The number of sulfonamides is 1. The smallest absolute Gasteiger partial charge is 0.215 e. The first-order chi connectivity index (χ1) is 8.54. The van der Waals surface area contributed by atoms with Gasteiger partial charge in [-0.1, -0.05) is 0 Å². The third-order valence-electron chi connectivity index (χ3n) is 4.22. The summed E-state index contributed by atoms with van der Waals surface area (Å²) in [6.45, 7) is 2.31. The van der Waals surface area contributed by atoms with E-state index in [0.717, 1.165) is 19.3 Å². The molecule has 0 radical (unpaired) electrons. The molecule has 0 aromatic rings. The Morgan fingerprint density at radius 1 is 1.28 bits per heavy atom. The molecule has 1 saturated carbocycles. The van der Waals surface area contributed by atoms with Gasteiger partial charge in [0.1, 0.15) is 0 Å². The molecule has 2 N–H and O–H groups in total. The molecule has 2 aliphatic heterocycles. The molecule has 6 heteroatoms. The van der Waals surface area contributed by atoms with Gasteiger partial charge in [0.25, 0.3) is 0 Å². The van der Waals surface area contributed by atoms with Crippen molar-refractivity contribution in [3.8, 4) is 0 Å². The van der Waals surface area contributed by atoms with Crippen LogP contribution in [0, 0.1) is 0 Å². The summed E-state index contributed by atoms with van der Waals surface area (Å²) in [5.74, 6) is 0. The van der Waals surface area contributed by atoms with Crippen molar-refractivity contribution in [3.05, 3.63) is 0 Å². The van der Waals surface area contributed by atoms with Crippen LogP contribution in [0.5, 0.6) is 0 Å². The largest absolute Gasteiger partial charge is 0.373 e. The summed E-state index contributed by atoms with van der Waals surface area (Å²) in [6, 6.07) is 0.547. The summed E-state index contributed by atoms with van der Waals surface area (Å²) < 4.78 is 32.9. The molecule has 0 spiro atoms. The van der Waals surface area contributed by atoms with Gasteiger partial charge in [0.15, 0.2) is 0 Å². The number of nitrogens with one attached hydrogen (secondary N) is 2. The van der Waals surface area contributed by atoms with Crippen LogP contribution in [0.4, 0.5) is 0 Å². The van der Waals surface area contributed by atoms with Crippen LogP contribution >= 0.6 is 0 Å². The topological polar surface area (TPSA) is 67.4 Å². The quantitative estimate of drug-likeness (QED) is 0.734. The van der Waals surface area contributed by atoms with Crippen LogP contribution < -0.4 is 10.0 Å². The molecule has 4 atom stereocenters. The molecule has 2 heterocycles. The van der Waals surface area contributed by atoms with Crippen LogP contribution in [0.3, 0.4) is 0 Å². The molecule has 5 nitrogen and oxygen atoms in total. The van der Waals surface area contributed by atoms with Crippen molar-refractivity contribution >= 4 is 10.0 Å². The SMILES string of the molecule is CC(CNC1CC1)S(=O)(=O)NC1CC2CCC1O2. The molecule has 0 aromatic heterocycles. The lowest BCUT2D eigenvalue weighted by Crippen LogP contribution is -2.47. The first-order valence-electron chi connectivity index (χ1n) is 6.94. The summed E-state index contributed by atoms with van der Waals surface area (Å²) in [7, 11) is -3.23. The Morgan fingerprint density at radius 3 is 2.61 bits per heavy atom. The first kappa shape index (κ1) is 12.8. The second-order valence-corrected chi connectivity index (χ2v) is 8.00. The Morgan fingerprint density at radius 2 is 2.06 bits per heavy atom. The maximum atomic E-state index is 12.2. The van der Waals surface area contributed by atoms with Crippen LogP contribution in [0.2, 0.25) is 0 Å². The zero-order valence-corrected chi connectivity index (χ0v) is 11.6. The van der Waals surface area contributed by atoms with Gasteiger partial charge < -0.3 is 10.1 Å². The van der Waals surface area contributed by atoms with Crippen molar-refractivity contribution in [1.82, 2.24) is 10.0 Å². The van der Waals surface area contributed by atoms with Gasteiger partial charge in [-0.3, -0.25) is 0 Å². The van der Waals surface area contributed by atoms with E-state index in [1.54, 1.807) is 6.92 Å². The molecular weight excluding hydrogens is 252 g/mol. The predicted octanol–water partition coefficient (Wildman–Crippen LogP) is 0.366. The summed E-state index contributed by atoms with van der Waals surface area (Å²) >= 11 is 0. The molecule has 2 saturated heterocycles. The van der Waals surface area contributed by atoms with Gasteiger partial charge in [-0.15, -0.1) is 0 Å². The average Bonchev–Trinajstić information content (AvgIpc) is 2.93. The third-order valence-corrected chi connectivity index (χ3v) is 6.08. The van der Waals surface area contributed by atoms with Gasteiger partial charge in [0, 0.05) is 12.6 Å². The fraction of sp³-hybridized carbons (Fsp3) is 1.00. The van der Waals surface area contributed by atoms with Crippen molar-refractivity contribution in [2.24, 2.45) is 0 Å². The van der Waals surface area contributed by atoms with E-state index >= 15 is 0 Å². The molecule has 4 unspecified atom stereocenters. The molecular formula is C12H22N2O3S. The van der Waals surface area contributed by atoms with Crippen LogP contribution in [-0.2, 0) is 14.8 Å². The lowest BCUT2D eigenvalue weighted by atomic mass is 9.96. The second kappa shape index (κ2) is 4.74. The van der Waals surface area contributed by atoms with E-state index in [9.17, 15) is 8.42 Å². The Balaban J connectivity index is 1.53. The molecule has 3 aliphatic rings. The van der Waals surface area contributed by atoms with Crippen LogP contribution in [0.1, 0.15) is 39.0 Å². The van der Waals surface area contributed by atoms with Gasteiger partial charge in [0.2, 0.25) is 10.0 Å². The molecule has 2 bridgehead atoms. The van der Waals surface area contributed by atoms with Crippen molar-refractivity contribution in [1.29, 1.82) is 0 Å². The highest BCUT2D eigenvalue weighted by atomic mass is 32.2. The van der Waals surface area contributed by atoms with Crippen LogP contribution in [0.15, 0.2) is 0 Å². The van der Waals surface area contributed by atoms with E-state index in [1.165, 1.54) is 12.8 Å². The van der Waals surface area contributed by atoms with E-state index < -0.39 is 10.0 Å². The van der Waals surface area contributed by atoms with Gasteiger partial charge in [0.05, 0.1) is 23.5 Å². The second-order valence-electron chi connectivity index (χ2n) is 5.87. The van der Waals surface area contributed by atoms with Gasteiger partial charge >= 0.3 is 0 Å². The average molecular weight is 274 g/mol. The van der Waals surface area contributed by atoms with E-state index in [0.29, 0.717) is 12.6 Å². The van der Waals surface area contributed by atoms with E-state index in [2.05, 4.69) is 10.0 Å². The lowest BCUT2D eigenvalue weighted by Gasteiger charge is -2.22. The zero-order valence-electron chi connectivity index (χ0n) is 10.8. The first-order valence-corrected chi connectivity index (χ1v) is 8.49. The number of hydrogen-bond acceptors (Lipinski definition) is 4. The summed E-state index contributed by atoms with van der Waals surface area (Å²) in [5, 5.41) is 2.89. The van der Waals surface area contributed by atoms with Crippen LogP contribution in [-0.4, -0.2) is 44.5 Å². The molecule has 0 amide bonds. The fourth-order valence-corrected chi connectivity index (χ4v) is 4.04. The molecule has 1 aliphatic carbocycles. The minimum absolute atomic E-state index is 0.00266. The van der Waals surface area contributed by atoms with Gasteiger partial charge in [-0.2, -0.15) is 0 Å². The Bertz CT molecular complexity index is 408. The summed E-state index contributed by atoms with van der Waals surface area (Å²) in [6.07, 6.45) is 5.66. The molecule has 0 aromatic carbocycles. The molecule has 18 heavy (non-hydrogen) atoms. The highest BCUT2D eigenvalue weighted by Crippen LogP contribution is 2.34. The molecule has 104 valence electrons. The zero-order chi connectivity index (χ0) is 12.8. The monoisotopic (exact) mass is 274 g/mol. The maximum absolute atomic E-state index is 12.2. The number of fused-ring (bicyclic) bond motifs is 2. The van der Waals surface area contributed by atoms with Crippen molar-refractivity contribution in [2.75, 3.05) is 6.54 Å².